The average Bonchev–Trinajstić information content (AvgIpc) is 3.77. The number of carbonyl (C=O) groups is 2. The van der Waals surface area contributed by atoms with Gasteiger partial charge in [0.1, 0.15) is 24.2 Å². The molecule has 3 saturated heterocycles. The van der Waals surface area contributed by atoms with Crippen molar-refractivity contribution in [1.82, 2.24) is 35.9 Å². The summed E-state index contributed by atoms with van der Waals surface area (Å²) < 4.78 is 20.1. The Kier molecular flexibility index (Phi) is 14.4. The van der Waals surface area contributed by atoms with Crippen LogP contribution in [0.1, 0.15) is 62.5 Å². The van der Waals surface area contributed by atoms with Crippen LogP contribution in [0.5, 0.6) is 5.75 Å². The third kappa shape index (κ3) is 10.7. The van der Waals surface area contributed by atoms with Gasteiger partial charge in [-0.2, -0.15) is 4.98 Å². The number of anilines is 6. The predicted molar refractivity (Wildman–Crippen MR) is 260 cm³/mol. The number of nitrogens with zero attached hydrogens (tertiary/aromatic N) is 6. The zero-order valence-corrected chi connectivity index (χ0v) is 39.6. The van der Waals surface area contributed by atoms with Crippen molar-refractivity contribution in [2.24, 2.45) is 5.92 Å². The molecule has 3 aromatic carbocycles. The number of imide groups is 1. The van der Waals surface area contributed by atoms with Crippen LogP contribution in [0.25, 0.3) is 11.0 Å². The van der Waals surface area contributed by atoms with Crippen molar-refractivity contribution < 1.29 is 18.9 Å². The molecular formula is C47H59BrN11O4P. The molecule has 0 radical (unpaired) electrons. The minimum atomic E-state index is -2.76. The molecule has 8 rings (SSSR count). The Morgan fingerprint density at radius 2 is 1.67 bits per heavy atom. The van der Waals surface area contributed by atoms with Crippen molar-refractivity contribution in [3.05, 3.63) is 82.7 Å². The summed E-state index contributed by atoms with van der Waals surface area (Å²) >= 11 is 3.60. The highest BCUT2D eigenvalue weighted by Gasteiger charge is 2.29. The zero-order valence-electron chi connectivity index (χ0n) is 37.1. The number of nitrogens with one attached hydrogen (secondary N) is 5. The minimum absolute atomic E-state index is 0.177. The molecule has 15 nitrogen and oxygen atoms in total. The normalized spacial score (nSPS) is 18.4. The van der Waals surface area contributed by atoms with Gasteiger partial charge in [0.05, 0.1) is 39.7 Å². The third-order valence-electron chi connectivity index (χ3n) is 12.7. The van der Waals surface area contributed by atoms with Crippen LogP contribution in [0.3, 0.4) is 0 Å². The molecule has 3 aliphatic heterocycles. The molecule has 0 bridgehead atoms. The maximum atomic E-state index is 13.5. The first-order chi connectivity index (χ1) is 31.0. The van der Waals surface area contributed by atoms with Crippen LogP contribution in [0, 0.1) is 5.92 Å². The number of fused-ring (bicyclic) bond motifs is 1. The van der Waals surface area contributed by atoms with Gasteiger partial charge in [-0.3, -0.25) is 24.9 Å². The van der Waals surface area contributed by atoms with E-state index in [4.69, 9.17) is 9.72 Å². The minimum Gasteiger partial charge on any atom is -0.494 e. The highest BCUT2D eigenvalue weighted by atomic mass is 79.9. The fraction of sp³-hybridized carbons (Fsp3) is 0.447. The first-order valence-corrected chi connectivity index (χ1v) is 25.8. The number of benzene rings is 3. The van der Waals surface area contributed by atoms with Gasteiger partial charge in [0.2, 0.25) is 17.8 Å². The number of hydrogen-bond acceptors (Lipinski definition) is 14. The van der Waals surface area contributed by atoms with E-state index in [0.717, 1.165) is 82.7 Å². The van der Waals surface area contributed by atoms with Gasteiger partial charge < -0.3 is 40.4 Å². The number of piperidine rings is 2. The molecule has 0 spiro atoms. The molecule has 3 aliphatic rings. The zero-order chi connectivity index (χ0) is 44.8. The van der Waals surface area contributed by atoms with E-state index < -0.39 is 7.14 Å². The quantitative estimate of drug-likeness (QED) is 0.0363. The van der Waals surface area contributed by atoms with Crippen LogP contribution in [0.4, 0.5) is 34.5 Å². The number of aryl methyl sites for hydroxylation is 1. The summed E-state index contributed by atoms with van der Waals surface area (Å²) in [7, 11) is -1.08. The van der Waals surface area contributed by atoms with Crippen LogP contribution in [-0.4, -0.2) is 104 Å². The van der Waals surface area contributed by atoms with Gasteiger partial charge in [-0.05, 0) is 122 Å². The summed E-state index contributed by atoms with van der Waals surface area (Å²) in [5.74, 6) is 1.66. The SMILES string of the molecule is CCc1cc(Nc2ncc(Br)c(Nc3ccc4nccnc4c3P(C)(C)=O)n2)c(OC)cc1N1CCC(NCCNCC[C@H]2CCN(c3ccc(C4CCC(=O)NC4=O)cc3)C2)CC1. The highest BCUT2D eigenvalue weighted by Crippen LogP contribution is 2.42. The monoisotopic (exact) mass is 951 g/mol. The van der Waals surface area contributed by atoms with Gasteiger partial charge in [0.15, 0.2) is 0 Å². The summed E-state index contributed by atoms with van der Waals surface area (Å²) in [6.07, 6.45) is 11.2. The molecule has 2 amide bonds. The standard InChI is InChI=1S/C47H59BrN11O4P/c1-5-31-26-39(55-47-53-28-36(48)45(57-47)54-38-12-11-37-43(52-22-21-51-37)44(38)64(3,4)62)41(63-2)27-40(31)58-24-16-33(17-25-58)50-20-19-49-18-14-30-15-23-59(29-30)34-8-6-32(7-9-34)35-10-13-42(60)56-46(35)61/h6-9,11-12,21-22,26-28,30,33,35,49-50H,5,10,13-20,23-25,29H2,1-4H3,(H,56,60,61)(H2,53,54,55,57)/t30-,35?/m0/s1. The molecule has 2 atom stereocenters. The van der Waals surface area contributed by atoms with Gasteiger partial charge >= 0.3 is 0 Å². The Bertz CT molecular complexity index is 2510. The van der Waals surface area contributed by atoms with E-state index in [1.54, 1.807) is 39.0 Å². The molecule has 5 heterocycles. The lowest BCUT2D eigenvalue weighted by Gasteiger charge is -2.35. The topological polar surface area (TPSA) is 179 Å². The lowest BCUT2D eigenvalue weighted by atomic mass is 9.90. The summed E-state index contributed by atoms with van der Waals surface area (Å²) in [5, 5.41) is 17.3. The van der Waals surface area contributed by atoms with Crippen LogP contribution < -0.4 is 46.4 Å². The number of amides is 2. The van der Waals surface area contributed by atoms with Gasteiger partial charge in [-0.15, -0.1) is 0 Å². The molecule has 2 aromatic heterocycles. The molecule has 17 heteroatoms. The van der Waals surface area contributed by atoms with E-state index in [1.807, 2.05) is 24.3 Å². The van der Waals surface area contributed by atoms with Crippen molar-refractivity contribution >= 4 is 85.7 Å². The number of ether oxygens (including phenoxy) is 1. The lowest BCUT2D eigenvalue weighted by molar-refractivity contribution is -0.134. The number of rotatable bonds is 17. The van der Waals surface area contributed by atoms with Crippen molar-refractivity contribution in [1.29, 1.82) is 0 Å². The van der Waals surface area contributed by atoms with E-state index in [-0.39, 0.29) is 17.7 Å². The van der Waals surface area contributed by atoms with Crippen molar-refractivity contribution in [3.8, 4) is 5.75 Å². The smallest absolute Gasteiger partial charge is 0.234 e. The molecule has 1 unspecified atom stereocenters. The Labute approximate surface area is 383 Å². The molecule has 64 heavy (non-hydrogen) atoms. The second kappa shape index (κ2) is 20.4. The van der Waals surface area contributed by atoms with Gasteiger partial charge in [0, 0.05) is 87.8 Å². The van der Waals surface area contributed by atoms with Crippen LogP contribution >= 0.6 is 23.1 Å². The molecule has 0 saturated carbocycles. The molecule has 5 aromatic rings. The maximum absolute atomic E-state index is 13.5. The van der Waals surface area contributed by atoms with Crippen molar-refractivity contribution in [2.45, 2.75) is 63.8 Å². The molecule has 3 fully saturated rings. The molecular weight excluding hydrogens is 893 g/mol. The Morgan fingerprint density at radius 1 is 0.891 bits per heavy atom. The number of methoxy groups -OCH3 is 1. The number of halogens is 1. The van der Waals surface area contributed by atoms with Crippen molar-refractivity contribution in [2.75, 3.05) is 86.7 Å². The van der Waals surface area contributed by atoms with Crippen LogP contribution in [0.2, 0.25) is 0 Å². The predicted octanol–water partition coefficient (Wildman–Crippen LogP) is 7.07. The Hall–Kier alpha value is -5.15. The summed E-state index contributed by atoms with van der Waals surface area (Å²) in [6, 6.07) is 16.8. The first kappa shape index (κ1) is 45.4. The van der Waals surface area contributed by atoms with Crippen molar-refractivity contribution in [3.63, 3.8) is 0 Å². The van der Waals surface area contributed by atoms with E-state index >= 15 is 0 Å². The van der Waals surface area contributed by atoms with E-state index in [9.17, 15) is 14.2 Å². The van der Waals surface area contributed by atoms with Gasteiger partial charge in [-0.25, -0.2) is 4.98 Å². The van der Waals surface area contributed by atoms with Crippen LogP contribution in [-0.2, 0) is 20.6 Å². The lowest BCUT2D eigenvalue weighted by Crippen LogP contribution is -2.44. The summed E-state index contributed by atoms with van der Waals surface area (Å²) in [5.41, 5.74) is 7.29. The number of aromatic nitrogens is 4. The maximum Gasteiger partial charge on any atom is 0.234 e. The van der Waals surface area contributed by atoms with E-state index in [2.05, 4.69) is 98.5 Å². The van der Waals surface area contributed by atoms with E-state index in [1.165, 1.54) is 23.4 Å². The van der Waals surface area contributed by atoms with E-state index in [0.29, 0.717) is 68.8 Å². The highest BCUT2D eigenvalue weighted by molar-refractivity contribution is 9.10. The molecule has 5 N–H and O–H groups in total. The average molecular weight is 953 g/mol. The Morgan fingerprint density at radius 3 is 2.42 bits per heavy atom. The second-order valence-electron chi connectivity index (χ2n) is 17.4. The molecule has 338 valence electrons. The molecule has 0 aliphatic carbocycles. The Balaban J connectivity index is 0.791. The summed E-state index contributed by atoms with van der Waals surface area (Å²) in [4.78, 5) is 47.0. The summed E-state index contributed by atoms with van der Waals surface area (Å²) in [6.45, 7) is 12.6. The largest absolute Gasteiger partial charge is 0.494 e. The van der Waals surface area contributed by atoms with Crippen LogP contribution in [0.15, 0.2) is 71.6 Å². The van der Waals surface area contributed by atoms with Gasteiger partial charge in [0.25, 0.3) is 0 Å². The number of hydrogen-bond donors (Lipinski definition) is 5. The number of carbonyl (C=O) groups excluding carboxylic acids is 2. The van der Waals surface area contributed by atoms with Gasteiger partial charge in [-0.1, -0.05) is 19.1 Å². The second-order valence-corrected chi connectivity index (χ2v) is 21.4. The third-order valence-corrected chi connectivity index (χ3v) is 14.8. The first-order valence-electron chi connectivity index (χ1n) is 22.4. The fourth-order valence-corrected chi connectivity index (χ4v) is 10.9. The fourth-order valence-electron chi connectivity index (χ4n) is 9.24.